The van der Waals surface area contributed by atoms with Gasteiger partial charge < -0.3 is 9.47 Å². The predicted molar refractivity (Wildman–Crippen MR) is 68.2 cm³/mol. The maximum absolute atomic E-state index is 11.5. The van der Waals surface area contributed by atoms with Crippen molar-refractivity contribution in [3.8, 4) is 0 Å². The van der Waals surface area contributed by atoms with E-state index >= 15 is 0 Å². The number of rotatable bonds is 7. The van der Waals surface area contributed by atoms with Crippen LogP contribution >= 0.6 is 0 Å². The zero-order valence-corrected chi connectivity index (χ0v) is 11.6. The van der Waals surface area contributed by atoms with Crippen LogP contribution in [0.2, 0.25) is 0 Å². The first kappa shape index (κ1) is 14.9. The molecule has 4 heteroatoms. The molecule has 2 atom stereocenters. The Hall–Kier alpha value is -1.16. The number of epoxide rings is 1. The average Bonchev–Trinajstić information content (AvgIpc) is 2.82. The van der Waals surface area contributed by atoms with Gasteiger partial charge in [0.05, 0.1) is 11.7 Å². The Kier molecular flexibility index (Phi) is 4.32. The Bertz CT molecular complexity index is 359. The highest BCUT2D eigenvalue weighted by atomic mass is 16.6. The zero-order valence-electron chi connectivity index (χ0n) is 11.6. The molecular weight excluding hydrogens is 232 g/mol. The Morgan fingerprint density at radius 3 is 2.44 bits per heavy atom. The number of Topliss-reactive ketones (excluding diaryl/α,β-unsaturated/α-hetero) is 1. The molecule has 102 valence electrons. The number of carbonyl (C=O) groups is 2. The number of ether oxygens (including phenoxy) is 2. The second-order valence-corrected chi connectivity index (χ2v) is 5.62. The second kappa shape index (κ2) is 5.22. The smallest absolute Gasteiger partial charge is 0.314 e. The standard InChI is InChI=1S/C14H22O4/c1-6-14(5,18-12(16)9-10(2)15)8-7-11-13(3,4)17-11/h6,11H,1,7-9H2,2-5H3. The van der Waals surface area contributed by atoms with Crippen LogP contribution in [0.5, 0.6) is 0 Å². The van der Waals surface area contributed by atoms with Gasteiger partial charge in [0.15, 0.2) is 0 Å². The van der Waals surface area contributed by atoms with Crippen LogP contribution in [0.3, 0.4) is 0 Å². The van der Waals surface area contributed by atoms with Gasteiger partial charge in [-0.2, -0.15) is 0 Å². The summed E-state index contributed by atoms with van der Waals surface area (Å²) in [5, 5.41) is 0. The molecule has 0 saturated carbocycles. The highest BCUT2D eigenvalue weighted by Crippen LogP contribution is 2.40. The van der Waals surface area contributed by atoms with Crippen LogP contribution in [0.4, 0.5) is 0 Å². The summed E-state index contributed by atoms with van der Waals surface area (Å²) < 4.78 is 10.8. The van der Waals surface area contributed by atoms with Crippen LogP contribution in [-0.4, -0.2) is 29.1 Å². The highest BCUT2D eigenvalue weighted by Gasteiger charge is 2.48. The Morgan fingerprint density at radius 1 is 1.50 bits per heavy atom. The number of esters is 1. The molecule has 1 aliphatic heterocycles. The molecule has 1 rings (SSSR count). The molecule has 0 bridgehead atoms. The van der Waals surface area contributed by atoms with Crippen LogP contribution < -0.4 is 0 Å². The van der Waals surface area contributed by atoms with Crippen molar-refractivity contribution in [2.45, 2.75) is 64.3 Å². The molecule has 0 aromatic carbocycles. The van der Waals surface area contributed by atoms with Crippen LogP contribution in [-0.2, 0) is 19.1 Å². The minimum Gasteiger partial charge on any atom is -0.455 e. The van der Waals surface area contributed by atoms with Gasteiger partial charge in [0.1, 0.15) is 17.8 Å². The van der Waals surface area contributed by atoms with Crippen molar-refractivity contribution in [2.75, 3.05) is 0 Å². The molecule has 0 spiro atoms. The highest BCUT2D eigenvalue weighted by molar-refractivity contribution is 5.94. The summed E-state index contributed by atoms with van der Waals surface area (Å²) in [6.45, 7) is 10.9. The molecule has 0 radical (unpaired) electrons. The normalized spacial score (nSPS) is 23.9. The number of ketones is 1. The predicted octanol–water partition coefficient (Wildman–Crippen LogP) is 2.41. The molecule has 18 heavy (non-hydrogen) atoms. The van der Waals surface area contributed by atoms with Crippen molar-refractivity contribution in [3.63, 3.8) is 0 Å². The molecular formula is C14H22O4. The van der Waals surface area contributed by atoms with E-state index in [0.717, 1.165) is 6.42 Å². The van der Waals surface area contributed by atoms with E-state index < -0.39 is 11.6 Å². The van der Waals surface area contributed by atoms with Gasteiger partial charge in [-0.3, -0.25) is 9.59 Å². The van der Waals surface area contributed by atoms with Crippen molar-refractivity contribution in [1.29, 1.82) is 0 Å². The quantitative estimate of drug-likeness (QED) is 0.303. The molecule has 1 heterocycles. The lowest BCUT2D eigenvalue weighted by Crippen LogP contribution is -2.30. The zero-order chi connectivity index (χ0) is 14.0. The molecule has 0 aromatic rings. The maximum atomic E-state index is 11.5. The Balaban J connectivity index is 2.44. The Morgan fingerprint density at radius 2 is 2.06 bits per heavy atom. The minimum atomic E-state index is -0.728. The number of hydrogen-bond acceptors (Lipinski definition) is 4. The average molecular weight is 254 g/mol. The molecule has 0 aromatic heterocycles. The largest absolute Gasteiger partial charge is 0.455 e. The van der Waals surface area contributed by atoms with E-state index in [0.29, 0.717) is 6.42 Å². The fourth-order valence-electron chi connectivity index (χ4n) is 1.85. The first-order chi connectivity index (χ1) is 8.18. The minimum absolute atomic E-state index is 0.0640. The molecule has 1 aliphatic rings. The third kappa shape index (κ3) is 4.26. The van der Waals surface area contributed by atoms with Gasteiger partial charge >= 0.3 is 5.97 Å². The molecule has 1 fully saturated rings. The molecule has 1 saturated heterocycles. The van der Waals surface area contributed by atoms with Gasteiger partial charge in [-0.1, -0.05) is 6.58 Å². The van der Waals surface area contributed by atoms with E-state index in [1.165, 1.54) is 6.92 Å². The first-order valence-corrected chi connectivity index (χ1v) is 6.21. The molecule has 0 amide bonds. The van der Waals surface area contributed by atoms with E-state index in [9.17, 15) is 9.59 Å². The van der Waals surface area contributed by atoms with Gasteiger partial charge in [-0.15, -0.1) is 0 Å². The lowest BCUT2D eigenvalue weighted by atomic mass is 9.96. The van der Waals surface area contributed by atoms with Crippen molar-refractivity contribution < 1.29 is 19.1 Å². The van der Waals surface area contributed by atoms with Gasteiger partial charge in [-0.25, -0.2) is 0 Å². The summed E-state index contributed by atoms with van der Waals surface area (Å²) in [5.74, 6) is -0.695. The van der Waals surface area contributed by atoms with E-state index in [2.05, 4.69) is 6.58 Å². The summed E-state index contributed by atoms with van der Waals surface area (Å²) >= 11 is 0. The van der Waals surface area contributed by atoms with Gasteiger partial charge in [0.25, 0.3) is 0 Å². The van der Waals surface area contributed by atoms with Crippen molar-refractivity contribution in [1.82, 2.24) is 0 Å². The number of hydrogen-bond donors (Lipinski definition) is 0. The van der Waals surface area contributed by atoms with E-state index in [1.807, 2.05) is 13.8 Å². The molecule has 0 N–H and O–H groups in total. The van der Waals surface area contributed by atoms with Crippen LogP contribution in [0.25, 0.3) is 0 Å². The third-order valence-corrected chi connectivity index (χ3v) is 3.24. The van der Waals surface area contributed by atoms with E-state index in [1.54, 1.807) is 13.0 Å². The molecule has 0 aliphatic carbocycles. The summed E-state index contributed by atoms with van der Waals surface area (Å²) in [7, 11) is 0. The fourth-order valence-corrected chi connectivity index (χ4v) is 1.85. The van der Waals surface area contributed by atoms with Crippen LogP contribution in [0, 0.1) is 0 Å². The first-order valence-electron chi connectivity index (χ1n) is 6.21. The lowest BCUT2D eigenvalue weighted by molar-refractivity contribution is -0.155. The van der Waals surface area contributed by atoms with E-state index in [4.69, 9.17) is 9.47 Å². The lowest BCUT2D eigenvalue weighted by Gasteiger charge is -2.25. The number of carbonyl (C=O) groups excluding carboxylic acids is 2. The topological polar surface area (TPSA) is 55.9 Å². The maximum Gasteiger partial charge on any atom is 0.314 e. The van der Waals surface area contributed by atoms with Gasteiger partial charge in [-0.05, 0) is 46.6 Å². The summed E-state index contributed by atoms with van der Waals surface area (Å²) in [5.41, 5.74) is -0.792. The van der Waals surface area contributed by atoms with Gasteiger partial charge in [0.2, 0.25) is 0 Å². The van der Waals surface area contributed by atoms with Crippen LogP contribution in [0.15, 0.2) is 12.7 Å². The van der Waals surface area contributed by atoms with Crippen molar-refractivity contribution in [2.24, 2.45) is 0 Å². The van der Waals surface area contributed by atoms with Crippen LogP contribution in [0.1, 0.15) is 47.0 Å². The fraction of sp³-hybridized carbons (Fsp3) is 0.714. The monoisotopic (exact) mass is 254 g/mol. The Labute approximate surface area is 108 Å². The summed E-state index contributed by atoms with van der Waals surface area (Å²) in [4.78, 5) is 22.3. The third-order valence-electron chi connectivity index (χ3n) is 3.24. The SMILES string of the molecule is C=CC(C)(CCC1OC1(C)C)OC(=O)CC(C)=O. The molecule has 4 nitrogen and oxygen atoms in total. The molecule has 2 unspecified atom stereocenters. The van der Waals surface area contributed by atoms with E-state index in [-0.39, 0.29) is 23.9 Å². The van der Waals surface area contributed by atoms with Crippen molar-refractivity contribution >= 4 is 11.8 Å². The second-order valence-electron chi connectivity index (χ2n) is 5.62. The summed E-state index contributed by atoms with van der Waals surface area (Å²) in [6.07, 6.45) is 3.09. The van der Waals surface area contributed by atoms with Gasteiger partial charge in [0, 0.05) is 0 Å². The summed E-state index contributed by atoms with van der Waals surface area (Å²) in [6, 6.07) is 0. The van der Waals surface area contributed by atoms with Crippen molar-refractivity contribution in [3.05, 3.63) is 12.7 Å².